The van der Waals surface area contributed by atoms with Crippen LogP contribution in [0.2, 0.25) is 5.02 Å². The zero-order valence-electron chi connectivity index (χ0n) is 9.69. The van der Waals surface area contributed by atoms with E-state index in [9.17, 15) is 0 Å². The van der Waals surface area contributed by atoms with Gasteiger partial charge in [0.25, 0.3) is 0 Å². The minimum absolute atomic E-state index is 0.721. The molecule has 0 amide bonds. The van der Waals surface area contributed by atoms with Crippen LogP contribution in [0.4, 0.5) is 11.4 Å². The largest absolute Gasteiger partial charge is 0.397 e. The van der Waals surface area contributed by atoms with Crippen molar-refractivity contribution in [3.05, 3.63) is 45.6 Å². The lowest BCUT2D eigenvalue weighted by molar-refractivity contribution is 0.844. The Bertz CT molecular complexity index is 482. The minimum atomic E-state index is 0.721. The van der Waals surface area contributed by atoms with Crippen LogP contribution in [0.1, 0.15) is 11.8 Å². The van der Waals surface area contributed by atoms with Gasteiger partial charge in [-0.2, -0.15) is 0 Å². The summed E-state index contributed by atoms with van der Waals surface area (Å²) < 4.78 is 0. The number of benzene rings is 1. The van der Waals surface area contributed by atoms with Crippen LogP contribution in [0.3, 0.4) is 0 Å². The molecule has 2 nitrogen and oxygen atoms in total. The molecule has 0 fully saturated rings. The Labute approximate surface area is 111 Å². The first-order chi connectivity index (χ1) is 8.20. The lowest BCUT2D eigenvalue weighted by atomic mass is 10.2. The van der Waals surface area contributed by atoms with Crippen molar-refractivity contribution in [2.75, 3.05) is 17.2 Å². The summed E-state index contributed by atoms with van der Waals surface area (Å²) in [4.78, 5) is 3.55. The highest BCUT2D eigenvalue weighted by atomic mass is 35.5. The number of halogens is 1. The van der Waals surface area contributed by atoms with E-state index in [0.29, 0.717) is 0 Å². The summed E-state index contributed by atoms with van der Waals surface area (Å²) in [5.41, 5.74) is 7.78. The monoisotopic (exact) mass is 266 g/mol. The summed E-state index contributed by atoms with van der Waals surface area (Å²) in [6, 6.07) is 9.80. The second-order valence-corrected chi connectivity index (χ2v) is 5.27. The smallest absolute Gasteiger partial charge is 0.0618 e. The molecule has 0 spiro atoms. The van der Waals surface area contributed by atoms with E-state index in [-0.39, 0.29) is 0 Å². The van der Waals surface area contributed by atoms with E-state index in [1.54, 1.807) is 11.3 Å². The highest BCUT2D eigenvalue weighted by Crippen LogP contribution is 2.28. The molecule has 0 aliphatic heterocycles. The molecular weight excluding hydrogens is 252 g/mol. The van der Waals surface area contributed by atoms with Crippen molar-refractivity contribution >= 4 is 34.3 Å². The first-order valence-electron chi connectivity index (χ1n) is 5.53. The maximum Gasteiger partial charge on any atom is 0.0618 e. The molecule has 90 valence electrons. The molecule has 1 heterocycles. The Morgan fingerprint density at radius 3 is 2.82 bits per heavy atom. The van der Waals surface area contributed by atoms with Crippen LogP contribution in [-0.4, -0.2) is 6.54 Å². The number of hydrogen-bond acceptors (Lipinski definition) is 3. The van der Waals surface area contributed by atoms with Crippen molar-refractivity contribution in [1.29, 1.82) is 0 Å². The van der Waals surface area contributed by atoms with Crippen molar-refractivity contribution in [3.63, 3.8) is 0 Å². The maximum absolute atomic E-state index is 6.02. The Morgan fingerprint density at radius 1 is 1.35 bits per heavy atom. The number of thiophene rings is 1. The molecule has 17 heavy (non-hydrogen) atoms. The standard InChI is InChI=1S/C13H15ClN2S/c1-2-16(9-11-4-3-7-17-11)13-8-10(14)5-6-12(13)15/h3-8H,2,9,15H2,1H3. The number of nitrogens with zero attached hydrogens (tertiary/aromatic N) is 1. The van der Waals surface area contributed by atoms with Gasteiger partial charge in [0, 0.05) is 16.4 Å². The first-order valence-corrected chi connectivity index (χ1v) is 6.79. The van der Waals surface area contributed by atoms with Crippen molar-refractivity contribution in [2.24, 2.45) is 0 Å². The molecule has 1 aromatic heterocycles. The normalized spacial score (nSPS) is 10.5. The van der Waals surface area contributed by atoms with Crippen LogP contribution in [0.25, 0.3) is 0 Å². The summed E-state index contributed by atoms with van der Waals surface area (Å²) in [6.45, 7) is 3.90. The Kier molecular flexibility index (Phi) is 3.92. The summed E-state index contributed by atoms with van der Waals surface area (Å²) >= 11 is 7.78. The minimum Gasteiger partial charge on any atom is -0.397 e. The van der Waals surface area contributed by atoms with E-state index in [1.165, 1.54) is 4.88 Å². The molecule has 0 unspecified atom stereocenters. The van der Waals surface area contributed by atoms with Crippen molar-refractivity contribution in [1.82, 2.24) is 0 Å². The van der Waals surface area contributed by atoms with Crippen LogP contribution in [0.15, 0.2) is 35.7 Å². The van der Waals surface area contributed by atoms with Gasteiger partial charge in [0.1, 0.15) is 0 Å². The van der Waals surface area contributed by atoms with Gasteiger partial charge >= 0.3 is 0 Å². The molecule has 0 atom stereocenters. The quantitative estimate of drug-likeness (QED) is 0.848. The van der Waals surface area contributed by atoms with E-state index >= 15 is 0 Å². The fraction of sp³-hybridized carbons (Fsp3) is 0.231. The number of nitrogen functional groups attached to an aromatic ring is 1. The zero-order valence-corrected chi connectivity index (χ0v) is 11.3. The van der Waals surface area contributed by atoms with Gasteiger partial charge in [0.15, 0.2) is 0 Å². The molecular formula is C13H15ClN2S. The van der Waals surface area contributed by atoms with E-state index in [1.807, 2.05) is 18.2 Å². The Balaban J connectivity index is 2.25. The molecule has 0 saturated heterocycles. The topological polar surface area (TPSA) is 29.3 Å². The van der Waals surface area contributed by atoms with Crippen LogP contribution in [0, 0.1) is 0 Å². The van der Waals surface area contributed by atoms with Crippen molar-refractivity contribution in [2.45, 2.75) is 13.5 Å². The summed E-state index contributed by atoms with van der Waals surface area (Å²) in [5.74, 6) is 0. The molecule has 2 rings (SSSR count). The van der Waals surface area contributed by atoms with Gasteiger partial charge < -0.3 is 10.6 Å². The van der Waals surface area contributed by atoms with Crippen LogP contribution in [0.5, 0.6) is 0 Å². The van der Waals surface area contributed by atoms with Crippen molar-refractivity contribution in [3.8, 4) is 0 Å². The van der Waals surface area contributed by atoms with Crippen molar-refractivity contribution < 1.29 is 0 Å². The predicted molar refractivity (Wildman–Crippen MR) is 76.9 cm³/mol. The summed E-state index contributed by atoms with van der Waals surface area (Å²) in [5, 5.41) is 2.81. The molecule has 0 radical (unpaired) electrons. The highest BCUT2D eigenvalue weighted by Gasteiger charge is 2.09. The third kappa shape index (κ3) is 2.93. The maximum atomic E-state index is 6.02. The number of rotatable bonds is 4. The number of hydrogen-bond donors (Lipinski definition) is 1. The molecule has 0 bridgehead atoms. The number of anilines is 2. The van der Waals surface area contributed by atoms with E-state index in [4.69, 9.17) is 17.3 Å². The van der Waals surface area contributed by atoms with E-state index < -0.39 is 0 Å². The molecule has 2 aromatic rings. The first kappa shape index (κ1) is 12.3. The number of nitrogens with two attached hydrogens (primary N) is 1. The molecule has 4 heteroatoms. The average Bonchev–Trinajstić information content (AvgIpc) is 2.82. The molecule has 0 aliphatic rings. The lowest BCUT2D eigenvalue weighted by Gasteiger charge is -2.24. The molecule has 0 aliphatic carbocycles. The highest BCUT2D eigenvalue weighted by molar-refractivity contribution is 7.09. The molecule has 1 aromatic carbocycles. The van der Waals surface area contributed by atoms with Gasteiger partial charge in [-0.1, -0.05) is 17.7 Å². The fourth-order valence-electron chi connectivity index (χ4n) is 1.75. The van der Waals surface area contributed by atoms with Gasteiger partial charge in [-0.3, -0.25) is 0 Å². The fourth-order valence-corrected chi connectivity index (χ4v) is 2.63. The van der Waals surface area contributed by atoms with E-state index in [0.717, 1.165) is 29.5 Å². The average molecular weight is 267 g/mol. The summed E-state index contributed by atoms with van der Waals surface area (Å²) in [7, 11) is 0. The van der Waals surface area contributed by atoms with Crippen LogP contribution >= 0.6 is 22.9 Å². The zero-order chi connectivity index (χ0) is 12.3. The van der Waals surface area contributed by atoms with Crippen LogP contribution < -0.4 is 10.6 Å². The van der Waals surface area contributed by atoms with E-state index in [2.05, 4.69) is 29.3 Å². The van der Waals surface area contributed by atoms with Gasteiger partial charge in [-0.15, -0.1) is 11.3 Å². The second kappa shape index (κ2) is 5.43. The lowest BCUT2D eigenvalue weighted by Crippen LogP contribution is -2.22. The van der Waals surface area contributed by atoms with Crippen LogP contribution in [-0.2, 0) is 6.54 Å². The third-order valence-corrected chi connectivity index (χ3v) is 3.74. The second-order valence-electron chi connectivity index (χ2n) is 3.80. The van der Waals surface area contributed by atoms with Gasteiger partial charge in [-0.25, -0.2) is 0 Å². The summed E-state index contributed by atoms with van der Waals surface area (Å²) in [6.07, 6.45) is 0. The molecule has 0 saturated carbocycles. The predicted octanol–water partition coefficient (Wildman–Crippen LogP) is 4.01. The van der Waals surface area contributed by atoms with Gasteiger partial charge in [0.2, 0.25) is 0 Å². The Morgan fingerprint density at radius 2 is 2.18 bits per heavy atom. The SMILES string of the molecule is CCN(Cc1cccs1)c1cc(Cl)ccc1N. The van der Waals surface area contributed by atoms with Gasteiger partial charge in [-0.05, 0) is 36.6 Å². The Hall–Kier alpha value is -1.19. The molecule has 2 N–H and O–H groups in total. The van der Waals surface area contributed by atoms with Gasteiger partial charge in [0.05, 0.1) is 17.9 Å². The third-order valence-electron chi connectivity index (χ3n) is 2.64.